The molecule has 3 aliphatic rings. The molecule has 4 rings (SSSR count). The van der Waals surface area contributed by atoms with Gasteiger partial charge in [-0.2, -0.15) is 0 Å². The molecule has 0 aliphatic carbocycles. The van der Waals surface area contributed by atoms with Gasteiger partial charge in [-0.15, -0.1) is 11.8 Å². The van der Waals surface area contributed by atoms with Gasteiger partial charge in [-0.25, -0.2) is 0 Å². The number of nitrogens with zero attached hydrogens (tertiary/aromatic N) is 3. The molecule has 7 amide bonds. The van der Waals surface area contributed by atoms with Crippen LogP contribution in [0.25, 0.3) is 0 Å². The first kappa shape index (κ1) is 36.1. The Labute approximate surface area is 283 Å². The summed E-state index contributed by atoms with van der Waals surface area (Å²) in [6, 6.07) is 5.98. The SMILES string of the molecule is CC(=O)N[C@@H](CSC1CC(=O)N(CCC(=O)N(CC(=O)Nc2ccc(CCC(=O)N3CCC3=O)cc2)CC(=O)C2SS2)C1=O)C(C)=O. The lowest BCUT2D eigenvalue weighted by atomic mass is 10.1. The number of likely N-dealkylation sites (tertiary alicyclic amines) is 2. The number of hydrogen-bond acceptors (Lipinski definition) is 12. The molecule has 3 fully saturated rings. The second kappa shape index (κ2) is 16.4. The molecule has 14 nitrogen and oxygen atoms in total. The van der Waals surface area contributed by atoms with Crippen molar-refractivity contribution in [1.82, 2.24) is 20.0 Å². The maximum atomic E-state index is 13.2. The molecule has 3 heterocycles. The molecule has 0 saturated carbocycles. The van der Waals surface area contributed by atoms with Gasteiger partial charge in [-0.3, -0.25) is 53.0 Å². The molecule has 3 aliphatic heterocycles. The van der Waals surface area contributed by atoms with Crippen molar-refractivity contribution in [2.75, 3.05) is 37.2 Å². The summed E-state index contributed by atoms with van der Waals surface area (Å²) in [5.41, 5.74) is 1.28. The van der Waals surface area contributed by atoms with Crippen LogP contribution in [0.2, 0.25) is 0 Å². The highest BCUT2D eigenvalue weighted by molar-refractivity contribution is 8.93. The molecule has 47 heavy (non-hydrogen) atoms. The van der Waals surface area contributed by atoms with Crippen LogP contribution in [-0.4, -0.2) is 115 Å². The molecule has 0 spiro atoms. The van der Waals surface area contributed by atoms with Crippen molar-refractivity contribution < 1.29 is 43.2 Å². The number of carbonyl (C=O) groups is 9. The van der Waals surface area contributed by atoms with Crippen molar-refractivity contribution in [3.05, 3.63) is 29.8 Å². The maximum absolute atomic E-state index is 13.2. The van der Waals surface area contributed by atoms with Crippen LogP contribution < -0.4 is 10.6 Å². The quantitative estimate of drug-likeness (QED) is 0.101. The molecular formula is C30H35N5O9S3. The molecule has 2 N–H and O–H groups in total. The van der Waals surface area contributed by atoms with Crippen molar-refractivity contribution in [3.8, 4) is 0 Å². The monoisotopic (exact) mass is 705 g/mol. The first-order valence-corrected chi connectivity index (χ1v) is 18.2. The first-order chi connectivity index (χ1) is 22.3. The van der Waals surface area contributed by atoms with Gasteiger partial charge in [0.15, 0.2) is 11.6 Å². The predicted molar refractivity (Wildman–Crippen MR) is 176 cm³/mol. The number of Topliss-reactive ketones (excluding diaryl/α,β-unsaturated/α-hetero) is 2. The van der Waals surface area contributed by atoms with Crippen LogP contribution in [0.3, 0.4) is 0 Å². The number of benzene rings is 1. The minimum atomic E-state index is -0.798. The van der Waals surface area contributed by atoms with E-state index in [9.17, 15) is 43.2 Å². The van der Waals surface area contributed by atoms with Crippen molar-refractivity contribution >= 4 is 92.0 Å². The molecule has 252 valence electrons. The number of imide groups is 2. The van der Waals surface area contributed by atoms with Gasteiger partial charge in [0.05, 0.1) is 17.8 Å². The van der Waals surface area contributed by atoms with E-state index in [0.717, 1.165) is 27.1 Å². The second-order valence-corrected chi connectivity index (χ2v) is 15.2. The summed E-state index contributed by atoms with van der Waals surface area (Å²) in [5, 5.41) is 4.44. The number of hydrogen-bond donors (Lipinski definition) is 2. The fraction of sp³-hybridized carbons (Fsp3) is 0.500. The zero-order chi connectivity index (χ0) is 34.2. The number of aryl methyl sites for hydroxylation is 1. The standard InChI is InChI=1S/C30H35N5O9S3/c1-17(36)21(31-18(2)37)16-45-23-13-28(43)35(29(23)44)12-9-25(40)33(14-22(38)30-46-47-30)15-24(39)32-20-6-3-19(4-7-20)5-8-26(41)34-11-10-27(34)42/h3-4,6-7,21,23,30H,5,8-16H2,1-2H3,(H,31,37)(H,32,39)/t21-,23?/m0/s1. The van der Waals surface area contributed by atoms with Crippen molar-refractivity contribution in [1.29, 1.82) is 0 Å². The van der Waals surface area contributed by atoms with Crippen LogP contribution in [0.4, 0.5) is 5.69 Å². The Morgan fingerprint density at radius 2 is 1.68 bits per heavy atom. The average molecular weight is 706 g/mol. The minimum Gasteiger partial charge on any atom is -0.346 e. The number of nitrogens with one attached hydrogen (secondary N) is 2. The Kier molecular flexibility index (Phi) is 12.6. The van der Waals surface area contributed by atoms with E-state index in [0.29, 0.717) is 25.1 Å². The van der Waals surface area contributed by atoms with Crippen LogP contribution in [0.1, 0.15) is 45.1 Å². The zero-order valence-electron chi connectivity index (χ0n) is 25.9. The zero-order valence-corrected chi connectivity index (χ0v) is 28.3. The topological polar surface area (TPSA) is 187 Å². The van der Waals surface area contributed by atoms with Crippen LogP contribution in [-0.2, 0) is 49.6 Å². The van der Waals surface area contributed by atoms with Crippen molar-refractivity contribution in [2.24, 2.45) is 0 Å². The van der Waals surface area contributed by atoms with E-state index in [4.69, 9.17) is 0 Å². The molecular weight excluding hydrogens is 671 g/mol. The third-order valence-corrected chi connectivity index (χ3v) is 11.0. The lowest BCUT2D eigenvalue weighted by Crippen LogP contribution is -2.47. The number of anilines is 1. The Morgan fingerprint density at radius 3 is 2.26 bits per heavy atom. The fourth-order valence-corrected chi connectivity index (χ4v) is 7.33. The van der Waals surface area contributed by atoms with Gasteiger partial charge < -0.3 is 15.5 Å². The van der Waals surface area contributed by atoms with E-state index in [1.807, 2.05) is 0 Å². The molecule has 0 radical (unpaired) electrons. The average Bonchev–Trinajstić information content (AvgIpc) is 3.82. The number of amides is 7. The molecule has 17 heteroatoms. The first-order valence-electron chi connectivity index (χ1n) is 14.9. The Bertz CT molecular complexity index is 1470. The van der Waals surface area contributed by atoms with Crippen LogP contribution in [0.5, 0.6) is 0 Å². The molecule has 1 unspecified atom stereocenters. The molecule has 3 saturated heterocycles. The largest absolute Gasteiger partial charge is 0.346 e. The summed E-state index contributed by atoms with van der Waals surface area (Å²) in [6.07, 6.45) is 0.596. The van der Waals surface area contributed by atoms with Crippen molar-refractivity contribution in [3.63, 3.8) is 0 Å². The van der Waals surface area contributed by atoms with Gasteiger partial charge >= 0.3 is 0 Å². The van der Waals surface area contributed by atoms with Gasteiger partial charge in [0.2, 0.25) is 41.4 Å². The molecule has 1 aromatic carbocycles. The molecule has 2 atom stereocenters. The van der Waals surface area contributed by atoms with Gasteiger partial charge in [0.25, 0.3) is 0 Å². The van der Waals surface area contributed by atoms with Crippen LogP contribution >= 0.6 is 33.3 Å². The van der Waals surface area contributed by atoms with Crippen LogP contribution in [0, 0.1) is 0 Å². The summed E-state index contributed by atoms with van der Waals surface area (Å²) >= 11 is 1.08. The summed E-state index contributed by atoms with van der Waals surface area (Å²) in [4.78, 5) is 114. The highest BCUT2D eigenvalue weighted by Gasteiger charge is 2.40. The van der Waals surface area contributed by atoms with E-state index in [1.54, 1.807) is 24.3 Å². The summed E-state index contributed by atoms with van der Waals surface area (Å²) in [7, 11) is 2.71. The molecule has 0 aromatic heterocycles. The van der Waals surface area contributed by atoms with E-state index in [1.165, 1.54) is 40.3 Å². The lowest BCUT2D eigenvalue weighted by Gasteiger charge is -2.28. The highest BCUT2D eigenvalue weighted by Crippen LogP contribution is 2.53. The summed E-state index contributed by atoms with van der Waals surface area (Å²) in [6.45, 7) is 2.08. The molecule has 0 bridgehead atoms. The Balaban J connectivity index is 1.28. The summed E-state index contributed by atoms with van der Waals surface area (Å²) < 4.78 is -0.317. The number of thioether (sulfide) groups is 1. The number of β-lactam (4-membered cyclic amide) rings is 1. The van der Waals surface area contributed by atoms with Gasteiger partial charge in [0, 0.05) is 57.1 Å². The van der Waals surface area contributed by atoms with Crippen LogP contribution in [0.15, 0.2) is 24.3 Å². The van der Waals surface area contributed by atoms with Gasteiger partial charge in [0.1, 0.15) is 11.1 Å². The van der Waals surface area contributed by atoms with Crippen molar-refractivity contribution in [2.45, 2.75) is 61.8 Å². The maximum Gasteiger partial charge on any atom is 0.244 e. The van der Waals surface area contributed by atoms with E-state index in [2.05, 4.69) is 10.6 Å². The molecule has 1 aromatic rings. The number of carbonyl (C=O) groups excluding carboxylic acids is 9. The van der Waals surface area contributed by atoms with E-state index < -0.39 is 47.4 Å². The van der Waals surface area contributed by atoms with E-state index >= 15 is 0 Å². The third-order valence-electron chi connectivity index (χ3n) is 7.59. The van der Waals surface area contributed by atoms with Gasteiger partial charge in [-0.1, -0.05) is 33.7 Å². The fourth-order valence-electron chi connectivity index (χ4n) is 4.83. The minimum absolute atomic E-state index is 0.108. The van der Waals surface area contributed by atoms with Gasteiger partial charge in [-0.05, 0) is 31.0 Å². The Morgan fingerprint density at radius 1 is 0.979 bits per heavy atom. The number of rotatable bonds is 17. The normalized spacial score (nSPS) is 18.0. The smallest absolute Gasteiger partial charge is 0.244 e. The Hall–Kier alpha value is -3.70. The third kappa shape index (κ3) is 10.4. The predicted octanol–water partition coefficient (Wildman–Crippen LogP) is 0.780. The lowest BCUT2D eigenvalue weighted by molar-refractivity contribution is -0.152. The summed E-state index contributed by atoms with van der Waals surface area (Å²) in [5.74, 6) is -3.31. The highest BCUT2D eigenvalue weighted by atomic mass is 33.2. The number of ketones is 2. The van der Waals surface area contributed by atoms with E-state index in [-0.39, 0.29) is 66.1 Å². The second-order valence-electron chi connectivity index (χ2n) is 11.2.